The molecule has 11 nitrogen and oxygen atoms in total. The number of rotatable bonds is 5. The van der Waals surface area contributed by atoms with Gasteiger partial charge in [-0.2, -0.15) is 5.26 Å². The normalized spacial score (nSPS) is 20.4. The molecular formula is C31H35N5O6. The number of nitriles is 1. The van der Waals surface area contributed by atoms with Gasteiger partial charge in [0.25, 0.3) is 5.56 Å². The summed E-state index contributed by atoms with van der Waals surface area (Å²) < 4.78 is 18.8. The maximum atomic E-state index is 13.4. The van der Waals surface area contributed by atoms with Crippen LogP contribution in [0.3, 0.4) is 0 Å². The topological polar surface area (TPSA) is 130 Å². The molecular weight excluding hydrogens is 538 g/mol. The summed E-state index contributed by atoms with van der Waals surface area (Å²) in [7, 11) is 0. The highest BCUT2D eigenvalue weighted by molar-refractivity contribution is 5.87. The quantitative estimate of drug-likeness (QED) is 0.489. The van der Waals surface area contributed by atoms with Crippen LogP contribution in [0.2, 0.25) is 0 Å². The summed E-state index contributed by atoms with van der Waals surface area (Å²) in [5.74, 6) is 1.22. The molecule has 0 bridgehead atoms. The van der Waals surface area contributed by atoms with E-state index in [0.29, 0.717) is 73.0 Å². The highest BCUT2D eigenvalue weighted by atomic mass is 16.6. The Kier molecular flexibility index (Phi) is 7.07. The largest absolute Gasteiger partial charge is 0.486 e. The van der Waals surface area contributed by atoms with E-state index in [9.17, 15) is 20.0 Å². The number of hydrogen-bond donors (Lipinski definition) is 1. The van der Waals surface area contributed by atoms with Crippen molar-refractivity contribution < 1.29 is 24.1 Å². The number of benzene rings is 1. The lowest BCUT2D eigenvalue weighted by Gasteiger charge is -2.39. The average molecular weight is 574 g/mol. The minimum Gasteiger partial charge on any atom is -0.486 e. The van der Waals surface area contributed by atoms with Crippen molar-refractivity contribution in [2.75, 3.05) is 32.8 Å². The number of carbonyl (C=O) groups excluding carboxylic acids is 1. The summed E-state index contributed by atoms with van der Waals surface area (Å²) >= 11 is 0. The van der Waals surface area contributed by atoms with Gasteiger partial charge >= 0.3 is 6.09 Å². The number of β-amino-alcohol motifs (C(OH)–C–C–N with tert-alkyl or cyclic N) is 1. The molecule has 1 aromatic carbocycles. The molecule has 0 radical (unpaired) electrons. The lowest BCUT2D eigenvalue weighted by atomic mass is 9.89. The Hall–Kier alpha value is -4.14. The average Bonchev–Trinajstić information content (AvgIpc) is 3.28. The zero-order chi connectivity index (χ0) is 29.6. The first kappa shape index (κ1) is 28.0. The molecule has 1 N–H and O–H groups in total. The molecule has 220 valence electrons. The second kappa shape index (κ2) is 10.6. The highest BCUT2D eigenvalue weighted by Gasteiger charge is 2.43. The SMILES string of the molecule is CC(C)(C)N(Cc1cc2c(cn1)OCCO2)C(=O)OC1CCN(CC2(O)Cn3c(=O)ccc4ccc(C#N)c2c43)CC1. The maximum absolute atomic E-state index is 13.4. The van der Waals surface area contributed by atoms with Crippen LogP contribution in [0.15, 0.2) is 41.3 Å². The van der Waals surface area contributed by atoms with Gasteiger partial charge in [0.1, 0.15) is 24.9 Å². The molecule has 1 amide bonds. The van der Waals surface area contributed by atoms with Crippen LogP contribution in [0, 0.1) is 11.3 Å². The van der Waals surface area contributed by atoms with Gasteiger partial charge < -0.3 is 23.9 Å². The zero-order valence-electron chi connectivity index (χ0n) is 24.1. The molecule has 1 fully saturated rings. The van der Waals surface area contributed by atoms with Crippen molar-refractivity contribution in [3.05, 3.63) is 63.7 Å². The molecule has 1 atom stereocenters. The molecule has 0 aliphatic carbocycles. The standard InChI is InChI=1S/C31H35N5O6/c1-30(2,3)36(17-22-14-24-25(16-33-22)41-13-12-40-24)29(38)42-23-8-10-34(11-9-23)18-31(39)19-35-26(37)7-6-20-4-5-21(15-32)27(31)28(20)35/h4-7,14,16,23,39H,8-13,17-19H2,1-3H3. The summed E-state index contributed by atoms with van der Waals surface area (Å²) in [5, 5.41) is 22.4. The Morgan fingerprint density at radius 1 is 1.19 bits per heavy atom. The number of hydrogen-bond acceptors (Lipinski definition) is 9. The van der Waals surface area contributed by atoms with Crippen molar-refractivity contribution in [3.8, 4) is 17.6 Å². The summed E-state index contributed by atoms with van der Waals surface area (Å²) in [6, 6.07) is 10.7. The van der Waals surface area contributed by atoms with Crippen LogP contribution < -0.4 is 15.0 Å². The van der Waals surface area contributed by atoms with Gasteiger partial charge in [0, 0.05) is 42.9 Å². The number of likely N-dealkylation sites (tertiary alicyclic amines) is 1. The van der Waals surface area contributed by atoms with Gasteiger partial charge in [-0.05, 0) is 51.1 Å². The van der Waals surface area contributed by atoms with E-state index in [1.54, 1.807) is 33.9 Å². The second-order valence-electron chi connectivity index (χ2n) is 12.3. The predicted molar refractivity (Wildman–Crippen MR) is 153 cm³/mol. The van der Waals surface area contributed by atoms with Gasteiger partial charge in [-0.1, -0.05) is 6.07 Å². The number of aromatic nitrogens is 2. The third-order valence-corrected chi connectivity index (χ3v) is 8.28. The van der Waals surface area contributed by atoms with Crippen molar-refractivity contribution in [2.24, 2.45) is 0 Å². The Balaban J connectivity index is 1.11. The van der Waals surface area contributed by atoms with E-state index in [4.69, 9.17) is 14.2 Å². The van der Waals surface area contributed by atoms with Gasteiger partial charge in [0.2, 0.25) is 0 Å². The van der Waals surface area contributed by atoms with E-state index in [-0.39, 0.29) is 31.3 Å². The van der Waals surface area contributed by atoms with E-state index in [2.05, 4.69) is 16.0 Å². The van der Waals surface area contributed by atoms with Crippen molar-refractivity contribution in [1.29, 1.82) is 5.26 Å². The van der Waals surface area contributed by atoms with Crippen LogP contribution in [-0.4, -0.2) is 75.0 Å². The van der Waals surface area contributed by atoms with E-state index in [1.807, 2.05) is 26.8 Å². The molecule has 6 rings (SSSR count). The molecule has 3 aliphatic rings. The zero-order valence-corrected chi connectivity index (χ0v) is 24.1. The summed E-state index contributed by atoms with van der Waals surface area (Å²) in [6.45, 7) is 8.65. The van der Waals surface area contributed by atoms with Crippen molar-refractivity contribution in [2.45, 2.75) is 63.9 Å². The number of fused-ring (bicyclic) bond motifs is 1. The van der Waals surface area contributed by atoms with Gasteiger partial charge in [-0.25, -0.2) is 4.79 Å². The maximum Gasteiger partial charge on any atom is 0.410 e. The molecule has 42 heavy (non-hydrogen) atoms. The van der Waals surface area contributed by atoms with E-state index >= 15 is 0 Å². The van der Waals surface area contributed by atoms with Crippen LogP contribution >= 0.6 is 0 Å². The molecule has 0 spiro atoms. The fourth-order valence-electron chi connectivity index (χ4n) is 6.16. The van der Waals surface area contributed by atoms with E-state index in [1.165, 1.54) is 6.07 Å². The number of nitrogens with zero attached hydrogens (tertiary/aromatic N) is 5. The Labute approximate surface area is 243 Å². The van der Waals surface area contributed by atoms with Crippen LogP contribution in [0.1, 0.15) is 50.4 Å². The number of carbonyl (C=O) groups is 1. The fraction of sp³-hybridized carbons (Fsp3) is 0.484. The van der Waals surface area contributed by atoms with Gasteiger partial charge in [0.05, 0.1) is 42.1 Å². The molecule has 1 saturated heterocycles. The summed E-state index contributed by atoms with van der Waals surface area (Å²) in [5.41, 5.74) is 0.116. The number of piperidine rings is 1. The molecule has 3 aromatic rings. The lowest BCUT2D eigenvalue weighted by molar-refractivity contribution is -0.0322. The molecule has 1 unspecified atom stereocenters. The van der Waals surface area contributed by atoms with Crippen LogP contribution in [0.4, 0.5) is 4.79 Å². The molecule has 0 saturated carbocycles. The third kappa shape index (κ3) is 5.16. The number of aliphatic hydroxyl groups is 1. The smallest absolute Gasteiger partial charge is 0.410 e. The van der Waals surface area contributed by atoms with Crippen molar-refractivity contribution in [3.63, 3.8) is 0 Å². The minimum atomic E-state index is -1.37. The lowest BCUT2D eigenvalue weighted by Crippen LogP contribution is -2.49. The van der Waals surface area contributed by atoms with Gasteiger partial charge in [-0.15, -0.1) is 0 Å². The Bertz CT molecular complexity index is 1630. The first-order chi connectivity index (χ1) is 20.1. The number of amides is 1. The first-order valence-corrected chi connectivity index (χ1v) is 14.3. The van der Waals surface area contributed by atoms with Gasteiger partial charge in [0.15, 0.2) is 11.5 Å². The fourth-order valence-corrected chi connectivity index (χ4v) is 6.16. The van der Waals surface area contributed by atoms with Crippen LogP contribution in [-0.2, 0) is 23.4 Å². The van der Waals surface area contributed by atoms with Crippen molar-refractivity contribution in [1.82, 2.24) is 19.4 Å². The molecule has 2 aromatic heterocycles. The number of pyridine rings is 2. The molecule has 11 heteroatoms. The summed E-state index contributed by atoms with van der Waals surface area (Å²) in [6.07, 6.45) is 2.14. The Morgan fingerprint density at radius 3 is 2.62 bits per heavy atom. The predicted octanol–water partition coefficient (Wildman–Crippen LogP) is 3.14. The third-order valence-electron chi connectivity index (χ3n) is 8.28. The van der Waals surface area contributed by atoms with Crippen LogP contribution in [0.5, 0.6) is 11.5 Å². The van der Waals surface area contributed by atoms with Gasteiger partial charge in [-0.3, -0.25) is 19.6 Å². The monoisotopic (exact) mass is 573 g/mol. The summed E-state index contributed by atoms with van der Waals surface area (Å²) in [4.78, 5) is 34.3. The number of ether oxygens (including phenoxy) is 3. The van der Waals surface area contributed by atoms with Crippen LogP contribution in [0.25, 0.3) is 10.9 Å². The molecule has 5 heterocycles. The first-order valence-electron chi connectivity index (χ1n) is 14.3. The second-order valence-corrected chi connectivity index (χ2v) is 12.3. The van der Waals surface area contributed by atoms with Crippen molar-refractivity contribution >= 4 is 17.0 Å². The highest BCUT2D eigenvalue weighted by Crippen LogP contribution is 2.39. The van der Waals surface area contributed by atoms with E-state index < -0.39 is 17.2 Å². The Morgan fingerprint density at radius 2 is 1.90 bits per heavy atom. The minimum absolute atomic E-state index is 0.0978. The molecule has 3 aliphatic heterocycles. The van der Waals surface area contributed by atoms with E-state index in [0.717, 1.165) is 5.39 Å².